The quantitative estimate of drug-likeness (QED) is 0.852. The molecule has 0 bridgehead atoms. The number of thioether (sulfide) groups is 1. The molecule has 2 aromatic rings. The van der Waals surface area contributed by atoms with Crippen molar-refractivity contribution in [1.29, 1.82) is 0 Å². The van der Waals surface area contributed by atoms with Crippen LogP contribution in [0.1, 0.15) is 25.7 Å². The summed E-state index contributed by atoms with van der Waals surface area (Å²) in [6.07, 6.45) is 8.84. The van der Waals surface area contributed by atoms with Crippen molar-refractivity contribution in [2.24, 2.45) is 0 Å². The minimum Gasteiger partial charge on any atom is -0.367 e. The van der Waals surface area contributed by atoms with Crippen molar-refractivity contribution < 1.29 is 0 Å². The minimum atomic E-state index is 0.247. The van der Waals surface area contributed by atoms with E-state index in [0.29, 0.717) is 11.7 Å². The molecule has 0 aromatic carbocycles. The molecule has 102 valence electrons. The molecule has 1 aliphatic carbocycles. The van der Waals surface area contributed by atoms with E-state index in [1.54, 1.807) is 6.20 Å². The van der Waals surface area contributed by atoms with E-state index in [1.165, 1.54) is 25.7 Å². The van der Waals surface area contributed by atoms with E-state index >= 15 is 0 Å². The van der Waals surface area contributed by atoms with Crippen LogP contribution in [0, 0.1) is 0 Å². The van der Waals surface area contributed by atoms with E-state index in [0.717, 1.165) is 16.5 Å². The first kappa shape index (κ1) is 13.0. The average Bonchev–Trinajstić information content (AvgIpc) is 2.87. The first-order valence-electron chi connectivity index (χ1n) is 6.42. The Hall–Kier alpha value is -1.01. The number of aromatic nitrogens is 4. The molecule has 2 atom stereocenters. The fraction of sp³-hybridized carbons (Fsp3) is 0.583. The lowest BCUT2D eigenvalue weighted by Crippen LogP contribution is -2.29. The fourth-order valence-corrected chi connectivity index (χ4v) is 3.60. The molecule has 1 aliphatic rings. The molecule has 7 heteroatoms. The van der Waals surface area contributed by atoms with Gasteiger partial charge in [0.05, 0.1) is 11.6 Å². The molecule has 2 unspecified atom stereocenters. The molecule has 3 rings (SSSR count). The molecule has 19 heavy (non-hydrogen) atoms. The Balaban J connectivity index is 1.82. The molecule has 1 saturated carbocycles. The molecule has 0 spiro atoms. The summed E-state index contributed by atoms with van der Waals surface area (Å²) in [5.41, 5.74) is 0.680. The zero-order valence-electron chi connectivity index (χ0n) is 10.7. The maximum atomic E-state index is 5.94. The number of hydrogen-bond acceptors (Lipinski definition) is 5. The van der Waals surface area contributed by atoms with Crippen molar-refractivity contribution in [2.45, 2.75) is 37.0 Å². The molecular weight excluding hydrogens is 282 g/mol. The number of rotatable bonds is 3. The van der Waals surface area contributed by atoms with Crippen LogP contribution in [-0.4, -0.2) is 37.7 Å². The van der Waals surface area contributed by atoms with Gasteiger partial charge < -0.3 is 5.32 Å². The van der Waals surface area contributed by atoms with Gasteiger partial charge in [0.1, 0.15) is 5.82 Å². The smallest absolute Gasteiger partial charge is 0.226 e. The maximum absolute atomic E-state index is 5.94. The van der Waals surface area contributed by atoms with Crippen molar-refractivity contribution >= 4 is 40.2 Å². The largest absolute Gasteiger partial charge is 0.367 e. The molecule has 5 nitrogen and oxygen atoms in total. The number of nitrogens with zero attached hydrogens (tertiary/aromatic N) is 3. The Morgan fingerprint density at radius 3 is 3.16 bits per heavy atom. The van der Waals surface area contributed by atoms with Crippen LogP contribution in [0.3, 0.4) is 0 Å². The summed E-state index contributed by atoms with van der Waals surface area (Å²) in [5, 5.41) is 12.2. The van der Waals surface area contributed by atoms with Crippen LogP contribution in [0.2, 0.25) is 5.28 Å². The Morgan fingerprint density at radius 2 is 2.32 bits per heavy atom. The van der Waals surface area contributed by atoms with Gasteiger partial charge in [-0.3, -0.25) is 5.10 Å². The molecule has 1 fully saturated rings. The number of nitrogens with one attached hydrogen (secondary N) is 2. The van der Waals surface area contributed by atoms with Gasteiger partial charge in [0.15, 0.2) is 5.65 Å². The van der Waals surface area contributed by atoms with Crippen LogP contribution in [0.4, 0.5) is 5.82 Å². The molecule has 2 N–H and O–H groups in total. The summed E-state index contributed by atoms with van der Waals surface area (Å²) in [6, 6.07) is 0.454. The number of H-pyrrole nitrogens is 1. The highest BCUT2D eigenvalue weighted by Crippen LogP contribution is 2.30. The predicted octanol–water partition coefficient (Wildman–Crippen LogP) is 3.09. The van der Waals surface area contributed by atoms with Crippen molar-refractivity contribution in [1.82, 2.24) is 20.2 Å². The average molecular weight is 298 g/mol. The number of halogens is 1. The first-order valence-corrected chi connectivity index (χ1v) is 8.09. The predicted molar refractivity (Wildman–Crippen MR) is 79.9 cm³/mol. The zero-order chi connectivity index (χ0) is 13.2. The summed E-state index contributed by atoms with van der Waals surface area (Å²) in [7, 11) is 0. The molecule has 2 aromatic heterocycles. The Bertz CT molecular complexity index is 572. The van der Waals surface area contributed by atoms with Gasteiger partial charge in [-0.2, -0.15) is 26.8 Å². The second-order valence-corrected chi connectivity index (χ2v) is 6.32. The normalized spacial score (nSPS) is 23.7. The van der Waals surface area contributed by atoms with Crippen LogP contribution < -0.4 is 5.32 Å². The number of aromatic amines is 1. The lowest BCUT2D eigenvalue weighted by atomic mass is 9.95. The Morgan fingerprint density at radius 1 is 1.42 bits per heavy atom. The van der Waals surface area contributed by atoms with Gasteiger partial charge in [0.2, 0.25) is 5.28 Å². The highest BCUT2D eigenvalue weighted by Gasteiger charge is 2.22. The third-order valence-corrected chi connectivity index (χ3v) is 4.85. The van der Waals surface area contributed by atoms with Crippen LogP contribution in [0.25, 0.3) is 11.0 Å². The lowest BCUT2D eigenvalue weighted by molar-refractivity contribution is 0.473. The van der Waals surface area contributed by atoms with Crippen LogP contribution in [-0.2, 0) is 0 Å². The first-order chi connectivity index (χ1) is 9.26. The molecule has 0 aliphatic heterocycles. The van der Waals surface area contributed by atoms with Crippen LogP contribution >= 0.6 is 23.4 Å². The van der Waals surface area contributed by atoms with E-state index in [1.807, 2.05) is 11.8 Å². The Labute approximate surface area is 120 Å². The van der Waals surface area contributed by atoms with Gasteiger partial charge in [0, 0.05) is 11.3 Å². The number of anilines is 1. The Kier molecular flexibility index (Phi) is 3.79. The standard InChI is InChI=1S/C12H16ClN5S/c1-19-8-4-2-3-7(5-8)15-10-9-6-14-18-11(9)17-12(13)16-10/h6-8H,2-5H2,1H3,(H2,14,15,16,17,18). The van der Waals surface area contributed by atoms with Crippen molar-refractivity contribution in [3.05, 3.63) is 11.5 Å². The van der Waals surface area contributed by atoms with E-state index < -0.39 is 0 Å². The van der Waals surface area contributed by atoms with Crippen LogP contribution in [0.5, 0.6) is 0 Å². The summed E-state index contributed by atoms with van der Waals surface area (Å²) in [6.45, 7) is 0. The highest BCUT2D eigenvalue weighted by molar-refractivity contribution is 7.99. The molecule has 0 amide bonds. The fourth-order valence-electron chi connectivity index (χ4n) is 2.60. The summed E-state index contributed by atoms with van der Waals surface area (Å²) in [4.78, 5) is 8.41. The molecule has 0 radical (unpaired) electrons. The second-order valence-electron chi connectivity index (χ2n) is 4.84. The topological polar surface area (TPSA) is 66.5 Å². The van der Waals surface area contributed by atoms with Gasteiger partial charge in [-0.15, -0.1) is 0 Å². The highest BCUT2D eigenvalue weighted by atomic mass is 35.5. The van der Waals surface area contributed by atoms with Gasteiger partial charge in [0.25, 0.3) is 0 Å². The summed E-state index contributed by atoms with van der Waals surface area (Å²) < 4.78 is 0. The van der Waals surface area contributed by atoms with Crippen molar-refractivity contribution in [3.8, 4) is 0 Å². The number of fused-ring (bicyclic) bond motifs is 1. The lowest BCUT2D eigenvalue weighted by Gasteiger charge is -2.29. The third kappa shape index (κ3) is 2.79. The molecule has 0 saturated heterocycles. The van der Waals surface area contributed by atoms with Gasteiger partial charge >= 0.3 is 0 Å². The zero-order valence-corrected chi connectivity index (χ0v) is 12.3. The SMILES string of the molecule is CSC1CCCC(Nc2nc(Cl)nc3[nH]ncc23)C1. The van der Waals surface area contributed by atoms with E-state index in [-0.39, 0.29) is 5.28 Å². The van der Waals surface area contributed by atoms with Gasteiger partial charge in [-0.25, -0.2) is 0 Å². The minimum absolute atomic E-state index is 0.247. The van der Waals surface area contributed by atoms with E-state index in [4.69, 9.17) is 11.6 Å². The molecule has 2 heterocycles. The summed E-state index contributed by atoms with van der Waals surface area (Å²) >= 11 is 7.89. The number of hydrogen-bond donors (Lipinski definition) is 2. The monoisotopic (exact) mass is 297 g/mol. The maximum Gasteiger partial charge on any atom is 0.226 e. The van der Waals surface area contributed by atoms with Crippen molar-refractivity contribution in [3.63, 3.8) is 0 Å². The molecular formula is C12H16ClN5S. The van der Waals surface area contributed by atoms with Gasteiger partial charge in [-0.05, 0) is 37.1 Å². The third-order valence-electron chi connectivity index (χ3n) is 3.58. The van der Waals surface area contributed by atoms with Crippen LogP contribution in [0.15, 0.2) is 6.20 Å². The second kappa shape index (κ2) is 5.54. The summed E-state index contributed by atoms with van der Waals surface area (Å²) in [5.74, 6) is 0.788. The van der Waals surface area contributed by atoms with E-state index in [9.17, 15) is 0 Å². The van der Waals surface area contributed by atoms with E-state index in [2.05, 4.69) is 31.7 Å². The van der Waals surface area contributed by atoms with Crippen molar-refractivity contribution in [2.75, 3.05) is 11.6 Å². The van der Waals surface area contributed by atoms with Gasteiger partial charge in [-0.1, -0.05) is 6.42 Å².